The van der Waals surface area contributed by atoms with Crippen molar-refractivity contribution in [2.75, 3.05) is 5.32 Å². The molecular weight excluding hydrogens is 263 g/mol. The van der Waals surface area contributed by atoms with Gasteiger partial charge in [0.15, 0.2) is 0 Å². The Morgan fingerprint density at radius 2 is 1.94 bits per heavy atom. The first-order valence-electron chi connectivity index (χ1n) is 4.99. The number of carbonyl (C=O) groups excluding carboxylic acids is 1. The molecular formula is C12H8F3NOS. The Morgan fingerprint density at radius 3 is 2.56 bits per heavy atom. The van der Waals surface area contributed by atoms with Crippen LogP contribution in [0, 0.1) is 0 Å². The average Bonchev–Trinajstić information content (AvgIpc) is 2.81. The van der Waals surface area contributed by atoms with Crippen LogP contribution in [0.15, 0.2) is 41.8 Å². The lowest BCUT2D eigenvalue weighted by Crippen LogP contribution is -2.11. The lowest BCUT2D eigenvalue weighted by molar-refractivity contribution is -0.137. The molecule has 0 aliphatic rings. The third-order valence-electron chi connectivity index (χ3n) is 2.19. The number of hydrogen-bond acceptors (Lipinski definition) is 2. The minimum atomic E-state index is -4.41. The van der Waals surface area contributed by atoms with Crippen LogP contribution in [0.25, 0.3) is 0 Å². The molecule has 0 spiro atoms. The van der Waals surface area contributed by atoms with Gasteiger partial charge in [0.05, 0.1) is 10.4 Å². The van der Waals surface area contributed by atoms with Crippen LogP contribution in [-0.2, 0) is 6.18 Å². The van der Waals surface area contributed by atoms with Crippen molar-refractivity contribution in [2.45, 2.75) is 6.18 Å². The van der Waals surface area contributed by atoms with E-state index in [4.69, 9.17) is 0 Å². The Morgan fingerprint density at radius 1 is 1.17 bits per heavy atom. The lowest BCUT2D eigenvalue weighted by Gasteiger charge is -2.09. The van der Waals surface area contributed by atoms with Gasteiger partial charge in [0, 0.05) is 5.69 Å². The highest BCUT2D eigenvalue weighted by Crippen LogP contribution is 2.30. The summed E-state index contributed by atoms with van der Waals surface area (Å²) in [5, 5.41) is 4.15. The molecule has 0 aliphatic heterocycles. The summed E-state index contributed by atoms with van der Waals surface area (Å²) in [6, 6.07) is 7.85. The van der Waals surface area contributed by atoms with Gasteiger partial charge in [-0.2, -0.15) is 13.2 Å². The van der Waals surface area contributed by atoms with Gasteiger partial charge in [0.2, 0.25) is 0 Å². The van der Waals surface area contributed by atoms with Gasteiger partial charge in [0.25, 0.3) is 5.91 Å². The number of halogens is 3. The van der Waals surface area contributed by atoms with Crippen LogP contribution in [-0.4, -0.2) is 5.91 Å². The fraction of sp³-hybridized carbons (Fsp3) is 0.0833. The van der Waals surface area contributed by atoms with Gasteiger partial charge >= 0.3 is 6.18 Å². The van der Waals surface area contributed by atoms with Gasteiger partial charge in [-0.25, -0.2) is 0 Å². The zero-order valence-corrected chi connectivity index (χ0v) is 9.81. The van der Waals surface area contributed by atoms with Crippen LogP contribution in [0.2, 0.25) is 0 Å². The van der Waals surface area contributed by atoms with Crippen molar-refractivity contribution in [1.29, 1.82) is 0 Å². The van der Waals surface area contributed by atoms with Gasteiger partial charge < -0.3 is 5.32 Å². The molecule has 1 aromatic carbocycles. The first kappa shape index (κ1) is 12.6. The molecule has 0 saturated carbocycles. The van der Waals surface area contributed by atoms with Crippen molar-refractivity contribution in [3.8, 4) is 0 Å². The van der Waals surface area contributed by atoms with E-state index in [-0.39, 0.29) is 5.69 Å². The number of thiophene rings is 1. The van der Waals surface area contributed by atoms with Gasteiger partial charge in [-0.3, -0.25) is 4.79 Å². The summed E-state index contributed by atoms with van der Waals surface area (Å²) >= 11 is 1.23. The summed E-state index contributed by atoms with van der Waals surface area (Å²) in [6.45, 7) is 0. The zero-order valence-electron chi connectivity index (χ0n) is 8.99. The maximum Gasteiger partial charge on any atom is 0.416 e. The molecule has 1 N–H and O–H groups in total. The summed E-state index contributed by atoms with van der Waals surface area (Å²) in [7, 11) is 0. The minimum Gasteiger partial charge on any atom is -0.321 e. The quantitative estimate of drug-likeness (QED) is 0.878. The van der Waals surface area contributed by atoms with Gasteiger partial charge in [-0.1, -0.05) is 12.1 Å². The summed E-state index contributed by atoms with van der Waals surface area (Å²) < 4.78 is 37.4. The Balaban J connectivity index is 2.18. The molecule has 2 aromatic rings. The number of benzene rings is 1. The summed E-state index contributed by atoms with van der Waals surface area (Å²) in [5.41, 5.74) is -0.658. The molecule has 0 radical (unpaired) electrons. The van der Waals surface area contributed by atoms with Crippen LogP contribution in [0.1, 0.15) is 15.2 Å². The van der Waals surface area contributed by atoms with Crippen molar-refractivity contribution in [3.05, 3.63) is 52.2 Å². The van der Waals surface area contributed by atoms with Gasteiger partial charge in [-0.15, -0.1) is 11.3 Å². The highest BCUT2D eigenvalue weighted by Gasteiger charge is 2.30. The smallest absolute Gasteiger partial charge is 0.321 e. The third kappa shape index (κ3) is 2.89. The number of rotatable bonds is 2. The largest absolute Gasteiger partial charge is 0.416 e. The molecule has 2 nitrogen and oxygen atoms in total. The van der Waals surface area contributed by atoms with E-state index in [0.29, 0.717) is 4.88 Å². The topological polar surface area (TPSA) is 29.1 Å². The molecule has 0 fully saturated rings. The number of nitrogens with one attached hydrogen (secondary N) is 1. The van der Waals surface area contributed by atoms with Gasteiger partial charge in [-0.05, 0) is 29.6 Å². The van der Waals surface area contributed by atoms with Crippen molar-refractivity contribution < 1.29 is 18.0 Å². The second-order valence-electron chi connectivity index (χ2n) is 3.51. The Bertz CT molecular complexity index is 549. The van der Waals surface area contributed by atoms with E-state index in [1.54, 1.807) is 17.5 Å². The number of anilines is 1. The summed E-state index contributed by atoms with van der Waals surface area (Å²) in [4.78, 5) is 12.1. The maximum atomic E-state index is 12.5. The van der Waals surface area contributed by atoms with Gasteiger partial charge in [0.1, 0.15) is 0 Å². The molecule has 94 valence electrons. The highest BCUT2D eigenvalue weighted by molar-refractivity contribution is 7.12. The van der Waals surface area contributed by atoms with E-state index in [9.17, 15) is 18.0 Å². The third-order valence-corrected chi connectivity index (χ3v) is 3.06. The number of amides is 1. The Labute approximate surface area is 105 Å². The van der Waals surface area contributed by atoms with E-state index in [2.05, 4.69) is 5.32 Å². The molecule has 6 heteroatoms. The van der Waals surface area contributed by atoms with Crippen LogP contribution in [0.3, 0.4) is 0 Å². The summed E-state index contributed by atoms with van der Waals surface area (Å²) in [6.07, 6.45) is -4.41. The van der Waals surface area contributed by atoms with Crippen LogP contribution in [0.4, 0.5) is 18.9 Å². The molecule has 0 aliphatic carbocycles. The van der Waals surface area contributed by atoms with E-state index in [0.717, 1.165) is 12.1 Å². The predicted octanol–water partition coefficient (Wildman–Crippen LogP) is 4.02. The fourth-order valence-corrected chi connectivity index (χ4v) is 1.99. The first-order chi connectivity index (χ1) is 8.47. The highest BCUT2D eigenvalue weighted by atomic mass is 32.1. The first-order valence-corrected chi connectivity index (χ1v) is 5.87. The molecule has 1 amide bonds. The van der Waals surface area contributed by atoms with E-state index >= 15 is 0 Å². The van der Waals surface area contributed by atoms with Crippen LogP contribution < -0.4 is 5.32 Å². The number of carbonyl (C=O) groups is 1. The van der Waals surface area contributed by atoms with Crippen molar-refractivity contribution in [3.63, 3.8) is 0 Å². The maximum absolute atomic E-state index is 12.5. The Hall–Kier alpha value is -1.82. The summed E-state index contributed by atoms with van der Waals surface area (Å²) in [5.74, 6) is -0.413. The average molecular weight is 271 g/mol. The fourth-order valence-electron chi connectivity index (χ4n) is 1.37. The molecule has 18 heavy (non-hydrogen) atoms. The minimum absolute atomic E-state index is 0.128. The zero-order chi connectivity index (χ0) is 13.2. The van der Waals surface area contributed by atoms with Crippen molar-refractivity contribution in [1.82, 2.24) is 0 Å². The van der Waals surface area contributed by atoms with Crippen LogP contribution >= 0.6 is 11.3 Å². The van der Waals surface area contributed by atoms with E-state index < -0.39 is 17.6 Å². The SMILES string of the molecule is O=C(Nc1cccc(C(F)(F)F)c1)c1cccs1. The molecule has 2 rings (SSSR count). The van der Waals surface area contributed by atoms with E-state index in [1.807, 2.05) is 0 Å². The van der Waals surface area contributed by atoms with Crippen molar-refractivity contribution >= 4 is 22.9 Å². The Kier molecular flexibility index (Phi) is 3.38. The second kappa shape index (κ2) is 4.81. The molecule has 0 unspecified atom stereocenters. The molecule has 1 heterocycles. The monoisotopic (exact) mass is 271 g/mol. The number of hydrogen-bond donors (Lipinski definition) is 1. The normalized spacial score (nSPS) is 11.3. The standard InChI is InChI=1S/C12H8F3NOS/c13-12(14,15)8-3-1-4-9(7-8)16-11(17)10-5-2-6-18-10/h1-7H,(H,16,17). The molecule has 0 saturated heterocycles. The molecule has 0 atom stereocenters. The predicted molar refractivity (Wildman–Crippen MR) is 63.7 cm³/mol. The molecule has 1 aromatic heterocycles. The van der Waals surface area contributed by atoms with Crippen LogP contribution in [0.5, 0.6) is 0 Å². The van der Waals surface area contributed by atoms with Crippen molar-refractivity contribution in [2.24, 2.45) is 0 Å². The lowest BCUT2D eigenvalue weighted by atomic mass is 10.2. The second-order valence-corrected chi connectivity index (χ2v) is 4.46. The molecule has 0 bridgehead atoms. The number of alkyl halides is 3. The van der Waals surface area contributed by atoms with E-state index in [1.165, 1.54) is 23.5 Å².